The van der Waals surface area contributed by atoms with Gasteiger partial charge in [0.25, 0.3) is 11.8 Å². The van der Waals surface area contributed by atoms with Gasteiger partial charge < -0.3 is 24.8 Å². The number of carbonyl (C=O) groups is 2. The van der Waals surface area contributed by atoms with Crippen LogP contribution in [0, 0.1) is 0 Å². The SMILES string of the molecule is COc1cc(OC)cc(C(=O)Nc2cccc3c2NC(=O)C(C)(C)O3)c1. The molecule has 0 spiro atoms. The fraction of sp³-hybridized carbons (Fsp3) is 0.263. The van der Waals surface area contributed by atoms with E-state index in [1.54, 1.807) is 50.2 Å². The summed E-state index contributed by atoms with van der Waals surface area (Å²) in [6.07, 6.45) is 0. The summed E-state index contributed by atoms with van der Waals surface area (Å²) in [5.74, 6) is 0.853. The molecule has 7 heteroatoms. The maximum absolute atomic E-state index is 12.7. The van der Waals surface area contributed by atoms with Crippen molar-refractivity contribution in [1.82, 2.24) is 0 Å². The van der Waals surface area contributed by atoms with Crippen LogP contribution in [0.1, 0.15) is 24.2 Å². The summed E-state index contributed by atoms with van der Waals surface area (Å²) in [6.45, 7) is 3.36. The Bertz CT molecular complexity index is 854. The lowest BCUT2D eigenvalue weighted by Crippen LogP contribution is -2.45. The summed E-state index contributed by atoms with van der Waals surface area (Å²) in [6, 6.07) is 10.1. The molecule has 0 saturated heterocycles. The van der Waals surface area contributed by atoms with Crippen molar-refractivity contribution in [2.24, 2.45) is 0 Å². The Balaban J connectivity index is 1.91. The van der Waals surface area contributed by atoms with E-state index in [4.69, 9.17) is 14.2 Å². The van der Waals surface area contributed by atoms with E-state index in [-0.39, 0.29) is 11.8 Å². The highest BCUT2D eigenvalue weighted by molar-refractivity contribution is 6.10. The maximum Gasteiger partial charge on any atom is 0.268 e. The Morgan fingerprint density at radius 1 is 1.12 bits per heavy atom. The van der Waals surface area contributed by atoms with Crippen LogP contribution in [0.25, 0.3) is 0 Å². The van der Waals surface area contributed by atoms with Crippen molar-refractivity contribution in [3.05, 3.63) is 42.0 Å². The zero-order chi connectivity index (χ0) is 18.9. The molecule has 0 saturated carbocycles. The fourth-order valence-corrected chi connectivity index (χ4v) is 2.57. The van der Waals surface area contributed by atoms with Crippen LogP contribution in [-0.2, 0) is 4.79 Å². The van der Waals surface area contributed by atoms with Crippen LogP contribution in [-0.4, -0.2) is 31.6 Å². The van der Waals surface area contributed by atoms with Gasteiger partial charge in [0, 0.05) is 11.6 Å². The predicted molar refractivity (Wildman–Crippen MR) is 97.3 cm³/mol. The maximum atomic E-state index is 12.7. The van der Waals surface area contributed by atoms with Crippen LogP contribution in [0.4, 0.5) is 11.4 Å². The van der Waals surface area contributed by atoms with Crippen LogP contribution in [0.15, 0.2) is 36.4 Å². The van der Waals surface area contributed by atoms with Crippen molar-refractivity contribution in [3.8, 4) is 17.2 Å². The van der Waals surface area contributed by atoms with E-state index in [2.05, 4.69) is 10.6 Å². The Morgan fingerprint density at radius 2 is 1.77 bits per heavy atom. The van der Waals surface area contributed by atoms with Crippen molar-refractivity contribution in [1.29, 1.82) is 0 Å². The summed E-state index contributed by atoms with van der Waals surface area (Å²) < 4.78 is 16.1. The third kappa shape index (κ3) is 3.28. The Hall–Kier alpha value is -3.22. The van der Waals surface area contributed by atoms with Gasteiger partial charge in [0.1, 0.15) is 22.9 Å². The first-order valence-electron chi connectivity index (χ1n) is 8.02. The number of hydrogen-bond donors (Lipinski definition) is 2. The predicted octanol–water partition coefficient (Wildman–Crippen LogP) is 3.07. The van der Waals surface area contributed by atoms with Crippen molar-refractivity contribution >= 4 is 23.2 Å². The van der Waals surface area contributed by atoms with Crippen LogP contribution in [0.3, 0.4) is 0 Å². The Labute approximate surface area is 151 Å². The van der Waals surface area contributed by atoms with Gasteiger partial charge in [-0.15, -0.1) is 0 Å². The molecule has 0 radical (unpaired) electrons. The summed E-state index contributed by atoms with van der Waals surface area (Å²) in [4.78, 5) is 24.8. The molecule has 3 rings (SSSR count). The number of methoxy groups -OCH3 is 2. The third-order valence-electron chi connectivity index (χ3n) is 4.04. The van der Waals surface area contributed by atoms with Crippen molar-refractivity contribution in [3.63, 3.8) is 0 Å². The molecule has 26 heavy (non-hydrogen) atoms. The van der Waals surface area contributed by atoms with Crippen LogP contribution < -0.4 is 24.8 Å². The van der Waals surface area contributed by atoms with Gasteiger partial charge in [-0.3, -0.25) is 9.59 Å². The molecule has 1 heterocycles. The average molecular weight is 356 g/mol. The average Bonchev–Trinajstić information content (AvgIpc) is 2.62. The molecule has 0 bridgehead atoms. The highest BCUT2D eigenvalue weighted by atomic mass is 16.5. The number of carbonyl (C=O) groups excluding carboxylic acids is 2. The molecule has 0 fully saturated rings. The van der Waals surface area contributed by atoms with Gasteiger partial charge in [0.2, 0.25) is 0 Å². The van der Waals surface area contributed by atoms with E-state index in [0.29, 0.717) is 34.2 Å². The molecular weight excluding hydrogens is 336 g/mol. The third-order valence-corrected chi connectivity index (χ3v) is 4.04. The van der Waals surface area contributed by atoms with E-state index < -0.39 is 5.60 Å². The summed E-state index contributed by atoms with van der Waals surface area (Å²) in [5.41, 5.74) is 0.260. The number of anilines is 2. The van der Waals surface area contributed by atoms with E-state index in [1.165, 1.54) is 14.2 Å². The molecule has 136 valence electrons. The highest BCUT2D eigenvalue weighted by Crippen LogP contribution is 2.39. The van der Waals surface area contributed by atoms with E-state index in [0.717, 1.165) is 0 Å². The first-order valence-corrected chi connectivity index (χ1v) is 8.02. The molecule has 7 nitrogen and oxygen atoms in total. The zero-order valence-electron chi connectivity index (χ0n) is 15.0. The quantitative estimate of drug-likeness (QED) is 0.879. The number of ether oxygens (including phenoxy) is 3. The Morgan fingerprint density at radius 3 is 2.38 bits per heavy atom. The number of fused-ring (bicyclic) bond motifs is 1. The fourth-order valence-electron chi connectivity index (χ4n) is 2.57. The second kappa shape index (κ2) is 6.59. The van der Waals surface area contributed by atoms with Gasteiger partial charge in [-0.2, -0.15) is 0 Å². The van der Waals surface area contributed by atoms with Gasteiger partial charge in [-0.1, -0.05) is 6.07 Å². The molecule has 0 unspecified atom stereocenters. The smallest absolute Gasteiger partial charge is 0.268 e. The largest absolute Gasteiger partial charge is 0.497 e. The van der Waals surface area contributed by atoms with Crippen molar-refractivity contribution in [2.45, 2.75) is 19.4 Å². The molecule has 0 aromatic heterocycles. The van der Waals surface area contributed by atoms with Crippen molar-refractivity contribution < 1.29 is 23.8 Å². The first kappa shape index (κ1) is 17.6. The number of nitrogens with one attached hydrogen (secondary N) is 2. The second-order valence-corrected chi connectivity index (χ2v) is 6.30. The molecule has 1 aliphatic rings. The summed E-state index contributed by atoms with van der Waals surface area (Å²) in [7, 11) is 3.03. The molecule has 0 atom stereocenters. The van der Waals surface area contributed by atoms with E-state index in [1.807, 2.05) is 0 Å². The van der Waals surface area contributed by atoms with Gasteiger partial charge in [-0.05, 0) is 38.1 Å². The van der Waals surface area contributed by atoms with E-state index >= 15 is 0 Å². The van der Waals surface area contributed by atoms with Crippen molar-refractivity contribution in [2.75, 3.05) is 24.9 Å². The van der Waals surface area contributed by atoms with Gasteiger partial charge >= 0.3 is 0 Å². The Kier molecular flexibility index (Phi) is 4.46. The molecule has 2 aromatic carbocycles. The number of amides is 2. The summed E-state index contributed by atoms with van der Waals surface area (Å²) >= 11 is 0. The topological polar surface area (TPSA) is 85.9 Å². The number of para-hydroxylation sites is 1. The minimum absolute atomic E-state index is 0.283. The number of hydrogen-bond acceptors (Lipinski definition) is 5. The normalized spacial score (nSPS) is 14.5. The molecule has 1 aliphatic heterocycles. The van der Waals surface area contributed by atoms with Gasteiger partial charge in [-0.25, -0.2) is 0 Å². The summed E-state index contributed by atoms with van der Waals surface area (Å²) in [5, 5.41) is 5.58. The lowest BCUT2D eigenvalue weighted by Gasteiger charge is -2.32. The van der Waals surface area contributed by atoms with Crippen LogP contribution in [0.5, 0.6) is 17.2 Å². The minimum Gasteiger partial charge on any atom is -0.497 e. The molecule has 0 aliphatic carbocycles. The standard InChI is InChI=1S/C19H20N2O5/c1-19(2)18(23)21-16-14(6-5-7-15(16)26-19)20-17(22)11-8-12(24-3)10-13(9-11)25-4/h5-10H,1-4H3,(H,20,22)(H,21,23). The monoisotopic (exact) mass is 356 g/mol. The molecule has 2 aromatic rings. The molecular formula is C19H20N2O5. The number of rotatable bonds is 4. The lowest BCUT2D eigenvalue weighted by atomic mass is 10.1. The minimum atomic E-state index is -0.976. The molecule has 2 amide bonds. The van der Waals surface area contributed by atoms with Crippen LogP contribution >= 0.6 is 0 Å². The van der Waals surface area contributed by atoms with Crippen LogP contribution in [0.2, 0.25) is 0 Å². The second-order valence-electron chi connectivity index (χ2n) is 6.30. The lowest BCUT2D eigenvalue weighted by molar-refractivity contribution is -0.129. The highest BCUT2D eigenvalue weighted by Gasteiger charge is 2.36. The zero-order valence-corrected chi connectivity index (χ0v) is 15.0. The van der Waals surface area contributed by atoms with E-state index in [9.17, 15) is 9.59 Å². The number of benzene rings is 2. The van der Waals surface area contributed by atoms with Gasteiger partial charge in [0.05, 0.1) is 19.9 Å². The van der Waals surface area contributed by atoms with Gasteiger partial charge in [0.15, 0.2) is 5.60 Å². The molecule has 2 N–H and O–H groups in total. The first-order chi connectivity index (χ1) is 12.3.